The van der Waals surface area contributed by atoms with Crippen molar-refractivity contribution in [1.82, 2.24) is 30.6 Å². The lowest BCUT2D eigenvalue weighted by Gasteiger charge is -2.29. The first-order valence-electron chi connectivity index (χ1n) is 9.40. The molecule has 1 saturated carbocycles. The summed E-state index contributed by atoms with van der Waals surface area (Å²) in [5, 5.41) is 20.3. The number of aromatic amines is 1. The summed E-state index contributed by atoms with van der Waals surface area (Å²) in [6.45, 7) is 0. The van der Waals surface area contributed by atoms with E-state index in [2.05, 4.69) is 41.2 Å². The van der Waals surface area contributed by atoms with Gasteiger partial charge < -0.3 is 22.1 Å². The van der Waals surface area contributed by atoms with Crippen LogP contribution in [-0.2, 0) is 0 Å². The van der Waals surface area contributed by atoms with Gasteiger partial charge in [0.1, 0.15) is 11.4 Å². The lowest BCUT2D eigenvalue weighted by molar-refractivity contribution is 0.100. The fourth-order valence-electron chi connectivity index (χ4n) is 3.35. The van der Waals surface area contributed by atoms with E-state index < -0.39 is 5.91 Å². The summed E-state index contributed by atoms with van der Waals surface area (Å²) in [6.07, 6.45) is 5.59. The minimum Gasteiger partial charge on any atom is -0.365 e. The first-order chi connectivity index (χ1) is 14.1. The number of hydrogen-bond donors (Lipinski definition) is 5. The molecule has 1 amide bonds. The predicted octanol–water partition coefficient (Wildman–Crippen LogP) is 1.18. The molecule has 0 radical (unpaired) electrons. The van der Waals surface area contributed by atoms with Gasteiger partial charge in [0.05, 0.1) is 0 Å². The van der Waals surface area contributed by atoms with Crippen molar-refractivity contribution in [3.63, 3.8) is 0 Å². The number of carbonyl (C=O) groups is 1. The predicted molar refractivity (Wildman–Crippen MR) is 107 cm³/mol. The van der Waals surface area contributed by atoms with Crippen molar-refractivity contribution in [3.8, 4) is 11.4 Å². The van der Waals surface area contributed by atoms with Gasteiger partial charge in [0.2, 0.25) is 11.8 Å². The number of primary amides is 1. The number of nitrogens with one attached hydrogen (secondary N) is 3. The second-order valence-corrected chi connectivity index (χ2v) is 6.96. The van der Waals surface area contributed by atoms with Gasteiger partial charge in [-0.1, -0.05) is 12.8 Å². The molecule has 150 valence electrons. The average molecular weight is 394 g/mol. The normalized spacial score (nSPS) is 18.9. The Kier molecular flexibility index (Phi) is 5.29. The number of nitrogens with zero attached hydrogens (tertiary/aromatic N) is 5. The number of amides is 1. The van der Waals surface area contributed by atoms with E-state index in [1.54, 1.807) is 0 Å². The molecule has 1 aliphatic carbocycles. The Morgan fingerprint density at radius 2 is 1.97 bits per heavy atom. The van der Waals surface area contributed by atoms with Crippen molar-refractivity contribution in [2.75, 3.05) is 10.6 Å². The summed E-state index contributed by atoms with van der Waals surface area (Å²) in [5.74, 6) is 0.610. The van der Waals surface area contributed by atoms with Gasteiger partial charge in [0, 0.05) is 29.5 Å². The highest BCUT2D eigenvalue weighted by Crippen LogP contribution is 2.24. The molecule has 2 aromatic heterocycles. The lowest BCUT2D eigenvalue weighted by atomic mass is 9.91. The van der Waals surface area contributed by atoms with Crippen LogP contribution in [0, 0.1) is 0 Å². The summed E-state index contributed by atoms with van der Waals surface area (Å²) in [6, 6.07) is 7.46. The maximum Gasteiger partial charge on any atom is 0.254 e. The van der Waals surface area contributed by atoms with E-state index in [0.29, 0.717) is 17.6 Å². The van der Waals surface area contributed by atoms with Crippen LogP contribution in [0.15, 0.2) is 30.5 Å². The van der Waals surface area contributed by atoms with Crippen molar-refractivity contribution in [2.24, 2.45) is 11.5 Å². The summed E-state index contributed by atoms with van der Waals surface area (Å²) in [5.41, 5.74) is 13.4. The first kappa shape index (κ1) is 18.7. The monoisotopic (exact) mass is 394 g/mol. The zero-order chi connectivity index (χ0) is 20.2. The maximum absolute atomic E-state index is 11.8. The van der Waals surface area contributed by atoms with E-state index in [1.165, 1.54) is 6.20 Å². The molecular formula is C18H22N10O. The Balaban J connectivity index is 1.55. The van der Waals surface area contributed by atoms with E-state index in [4.69, 9.17) is 11.5 Å². The van der Waals surface area contributed by atoms with E-state index >= 15 is 0 Å². The molecule has 0 saturated heterocycles. The molecule has 11 nitrogen and oxygen atoms in total. The average Bonchev–Trinajstić information content (AvgIpc) is 3.25. The van der Waals surface area contributed by atoms with Crippen LogP contribution in [0.1, 0.15) is 36.0 Å². The molecule has 1 fully saturated rings. The SMILES string of the molecule is NC(=O)c1cnc(N[C@@H]2CCCC[C@@H]2N)nc1Nc1ccc(-c2nn[nH]n2)cc1. The molecule has 11 heteroatoms. The molecular weight excluding hydrogens is 372 g/mol. The maximum atomic E-state index is 11.8. The van der Waals surface area contributed by atoms with Crippen LogP contribution in [0.5, 0.6) is 0 Å². The Hall–Kier alpha value is -3.60. The van der Waals surface area contributed by atoms with Crippen LogP contribution < -0.4 is 22.1 Å². The fraction of sp³-hybridized carbons (Fsp3) is 0.333. The largest absolute Gasteiger partial charge is 0.365 e. The van der Waals surface area contributed by atoms with Crippen LogP contribution in [0.4, 0.5) is 17.5 Å². The van der Waals surface area contributed by atoms with Crippen molar-refractivity contribution < 1.29 is 4.79 Å². The fourth-order valence-corrected chi connectivity index (χ4v) is 3.35. The lowest BCUT2D eigenvalue weighted by Crippen LogP contribution is -2.43. The summed E-state index contributed by atoms with van der Waals surface area (Å²) in [4.78, 5) is 20.5. The van der Waals surface area contributed by atoms with Gasteiger partial charge in [-0.05, 0) is 42.3 Å². The third-order valence-electron chi connectivity index (χ3n) is 4.94. The van der Waals surface area contributed by atoms with E-state index in [-0.39, 0.29) is 17.6 Å². The van der Waals surface area contributed by atoms with Crippen LogP contribution in [0.3, 0.4) is 0 Å². The molecule has 1 aromatic carbocycles. The van der Waals surface area contributed by atoms with E-state index in [1.807, 2.05) is 24.3 Å². The number of hydrogen-bond acceptors (Lipinski definition) is 9. The van der Waals surface area contributed by atoms with Crippen molar-refractivity contribution in [3.05, 3.63) is 36.0 Å². The van der Waals surface area contributed by atoms with Gasteiger partial charge in [0.25, 0.3) is 5.91 Å². The molecule has 2 atom stereocenters. The third kappa shape index (κ3) is 4.29. The highest BCUT2D eigenvalue weighted by molar-refractivity contribution is 5.98. The van der Waals surface area contributed by atoms with Gasteiger partial charge >= 0.3 is 0 Å². The Morgan fingerprint density at radius 3 is 2.66 bits per heavy atom. The van der Waals surface area contributed by atoms with Crippen molar-refractivity contribution >= 4 is 23.4 Å². The summed E-state index contributed by atoms with van der Waals surface area (Å²) in [7, 11) is 0. The number of aromatic nitrogens is 6. The minimum absolute atomic E-state index is 0.0530. The zero-order valence-corrected chi connectivity index (χ0v) is 15.7. The number of rotatable bonds is 6. The molecule has 3 aromatic rings. The first-order valence-corrected chi connectivity index (χ1v) is 9.40. The number of H-pyrrole nitrogens is 1. The summed E-state index contributed by atoms with van der Waals surface area (Å²) < 4.78 is 0. The van der Waals surface area contributed by atoms with Crippen LogP contribution in [0.25, 0.3) is 11.4 Å². The Morgan fingerprint density at radius 1 is 1.17 bits per heavy atom. The topological polar surface area (TPSA) is 173 Å². The van der Waals surface area contributed by atoms with Gasteiger partial charge in [0.15, 0.2) is 0 Å². The number of anilines is 3. The van der Waals surface area contributed by atoms with Crippen molar-refractivity contribution in [1.29, 1.82) is 0 Å². The van der Waals surface area contributed by atoms with Crippen LogP contribution in [-0.4, -0.2) is 48.6 Å². The standard InChI is InChI=1S/C18H22N10O/c19-13-3-1-2-4-14(13)23-18-21-9-12(15(20)29)17(24-18)22-11-7-5-10(6-8-11)16-25-27-28-26-16/h5-9,13-14H,1-4,19H2,(H2,20,29)(H2,21,22,23,24)(H,25,26,27,28)/t13-,14+/m0/s1. The number of carbonyl (C=O) groups excluding carboxylic acids is 1. The van der Waals surface area contributed by atoms with Gasteiger partial charge in [-0.25, -0.2) is 4.98 Å². The molecule has 4 rings (SSSR count). The molecule has 7 N–H and O–H groups in total. The van der Waals surface area contributed by atoms with E-state index in [9.17, 15) is 4.79 Å². The highest BCUT2D eigenvalue weighted by atomic mass is 16.1. The van der Waals surface area contributed by atoms with Gasteiger partial charge in [-0.15, -0.1) is 10.2 Å². The Bertz CT molecular complexity index is 973. The van der Waals surface area contributed by atoms with Gasteiger partial charge in [-0.2, -0.15) is 10.2 Å². The molecule has 0 unspecified atom stereocenters. The number of benzene rings is 1. The smallest absolute Gasteiger partial charge is 0.254 e. The second kappa shape index (κ2) is 8.19. The molecule has 0 bridgehead atoms. The number of tetrazole rings is 1. The highest BCUT2D eigenvalue weighted by Gasteiger charge is 2.23. The Labute approximate surface area is 166 Å². The molecule has 29 heavy (non-hydrogen) atoms. The van der Waals surface area contributed by atoms with Gasteiger partial charge in [-0.3, -0.25) is 4.79 Å². The zero-order valence-electron chi connectivity index (χ0n) is 15.7. The molecule has 1 aliphatic rings. The van der Waals surface area contributed by atoms with Crippen LogP contribution >= 0.6 is 0 Å². The van der Waals surface area contributed by atoms with Crippen molar-refractivity contribution in [2.45, 2.75) is 37.8 Å². The molecule has 0 aliphatic heterocycles. The molecule has 0 spiro atoms. The van der Waals surface area contributed by atoms with Crippen LogP contribution in [0.2, 0.25) is 0 Å². The number of nitrogens with two attached hydrogens (primary N) is 2. The molecule has 2 heterocycles. The quantitative estimate of drug-likeness (QED) is 0.411. The minimum atomic E-state index is -0.614. The summed E-state index contributed by atoms with van der Waals surface area (Å²) >= 11 is 0. The third-order valence-corrected chi connectivity index (χ3v) is 4.94. The second-order valence-electron chi connectivity index (χ2n) is 6.96. The van der Waals surface area contributed by atoms with E-state index in [0.717, 1.165) is 36.9 Å².